The molecule has 0 bridgehead atoms. The Labute approximate surface area is 207 Å². The Kier molecular flexibility index (Phi) is 20.1. The van der Waals surface area contributed by atoms with Crippen LogP contribution in [0.4, 0.5) is 0 Å². The quantitative estimate of drug-likeness (QED) is 0.411. The molecule has 178 valence electrons. The summed E-state index contributed by atoms with van der Waals surface area (Å²) in [7, 11) is 0. The fraction of sp³-hybridized carbons (Fsp3) is 0.300. The molecule has 0 atom stereocenters. The van der Waals surface area contributed by atoms with E-state index in [-0.39, 0.29) is 18.3 Å². The third-order valence-corrected chi connectivity index (χ3v) is 3.77. The van der Waals surface area contributed by atoms with E-state index in [0.717, 1.165) is 25.0 Å². The van der Waals surface area contributed by atoms with Gasteiger partial charge in [0.05, 0.1) is 0 Å². The molecule has 32 heavy (non-hydrogen) atoms. The fourth-order valence-corrected chi connectivity index (χ4v) is 2.24. The van der Waals surface area contributed by atoms with Gasteiger partial charge in [-0.05, 0) is 127 Å². The van der Waals surface area contributed by atoms with Gasteiger partial charge in [0.1, 0.15) is 6.29 Å². The molecule has 0 amide bonds. The van der Waals surface area contributed by atoms with E-state index in [0.29, 0.717) is 6.42 Å². The number of aryl methyl sites for hydroxylation is 3. The molecule has 1 aromatic carbocycles. The van der Waals surface area contributed by atoms with Crippen LogP contribution in [-0.2, 0) is 17.6 Å². The Morgan fingerprint density at radius 3 is 1.88 bits per heavy atom. The second-order valence-corrected chi connectivity index (χ2v) is 6.67. The van der Waals surface area contributed by atoms with Crippen LogP contribution in [0.5, 0.6) is 0 Å². The SMILES string of the molecule is C#CC#CC#CC#CC#CC#CC#CC.Cc1cc(CCC(C)C)ccc1CCC=O.O.[HH].[HH].[HH].[HH].[HH].[HH].[HH].[HH].[HH]. The predicted octanol–water partition coefficient (Wildman–Crippen LogP) is 5.76. The summed E-state index contributed by atoms with van der Waals surface area (Å²) in [6, 6.07) is 6.65. The van der Waals surface area contributed by atoms with E-state index in [1.54, 1.807) is 6.92 Å². The van der Waals surface area contributed by atoms with Crippen molar-refractivity contribution in [1.29, 1.82) is 0 Å². The minimum Gasteiger partial charge on any atom is -0.412 e. The van der Waals surface area contributed by atoms with Crippen molar-refractivity contribution in [2.75, 3.05) is 0 Å². The lowest BCUT2D eigenvalue weighted by atomic mass is 9.97. The van der Waals surface area contributed by atoms with Crippen molar-refractivity contribution in [2.45, 2.75) is 53.4 Å². The van der Waals surface area contributed by atoms with Crippen LogP contribution in [0.3, 0.4) is 0 Å². The molecule has 0 saturated heterocycles. The van der Waals surface area contributed by atoms with Gasteiger partial charge in [0.25, 0.3) is 0 Å². The lowest BCUT2D eigenvalue weighted by molar-refractivity contribution is -0.107. The van der Waals surface area contributed by atoms with Gasteiger partial charge in [-0.15, -0.1) is 6.42 Å². The fourth-order valence-electron chi connectivity index (χ4n) is 2.24. The maximum atomic E-state index is 10.3. The molecule has 0 heterocycles. The first-order chi connectivity index (χ1) is 15.0. The maximum absolute atomic E-state index is 10.3. The van der Waals surface area contributed by atoms with E-state index < -0.39 is 0 Å². The lowest BCUT2D eigenvalue weighted by Gasteiger charge is -2.09. The zero-order valence-electron chi connectivity index (χ0n) is 19.2. The first kappa shape index (κ1) is 30.0. The van der Waals surface area contributed by atoms with Gasteiger partial charge in [-0.3, -0.25) is 0 Å². The summed E-state index contributed by atoms with van der Waals surface area (Å²) in [5.74, 6) is 32.7. The summed E-state index contributed by atoms with van der Waals surface area (Å²) >= 11 is 0. The summed E-state index contributed by atoms with van der Waals surface area (Å²) in [6.45, 7) is 8.35. The van der Waals surface area contributed by atoms with E-state index in [9.17, 15) is 4.79 Å². The topological polar surface area (TPSA) is 48.6 Å². The van der Waals surface area contributed by atoms with Crippen LogP contribution < -0.4 is 0 Å². The number of carbonyl (C=O) groups is 1. The summed E-state index contributed by atoms with van der Waals surface area (Å²) in [6.07, 6.45) is 9.77. The van der Waals surface area contributed by atoms with Gasteiger partial charge in [-0.2, -0.15) is 0 Å². The van der Waals surface area contributed by atoms with Crippen molar-refractivity contribution in [2.24, 2.45) is 5.92 Å². The van der Waals surface area contributed by atoms with Gasteiger partial charge in [0.2, 0.25) is 0 Å². The minimum absolute atomic E-state index is 0. The standard InChI is InChI=1S/C15H22O.C15H4.H2O.9H2/c1-12(2)6-7-14-8-9-15(5-4-10-16)13(3)11-14;1-3-5-7-9-11-13-15-14-12-10-8-6-4-2;;;;;;;;;;/h8-12H,4-7H2,1-3H3;1H,2H3;1H2;9*1H. The number of hydrogen-bond donors (Lipinski definition) is 0. The largest absolute Gasteiger partial charge is 0.412 e. The van der Waals surface area contributed by atoms with Crippen molar-refractivity contribution in [1.82, 2.24) is 0 Å². The predicted molar refractivity (Wildman–Crippen MR) is 153 cm³/mol. The molecule has 0 aliphatic heterocycles. The van der Waals surface area contributed by atoms with E-state index in [2.05, 4.69) is 116 Å². The molecule has 0 radical (unpaired) electrons. The summed E-state index contributed by atoms with van der Waals surface area (Å²) in [5, 5.41) is 0. The maximum Gasteiger partial charge on any atom is 0.120 e. The Hall–Kier alpha value is -4.23. The number of hydrogen-bond acceptors (Lipinski definition) is 1. The second-order valence-electron chi connectivity index (χ2n) is 6.67. The lowest BCUT2D eigenvalue weighted by Crippen LogP contribution is -1.96. The molecule has 0 aromatic heterocycles. The molecule has 2 heteroatoms. The van der Waals surface area contributed by atoms with Crippen molar-refractivity contribution in [3.8, 4) is 83.4 Å². The molecule has 2 N–H and O–H groups in total. The highest BCUT2D eigenvalue weighted by Gasteiger charge is 2.01. The highest BCUT2D eigenvalue weighted by atomic mass is 16.1. The number of benzene rings is 1. The number of rotatable bonds is 6. The van der Waals surface area contributed by atoms with E-state index in [1.165, 1.54) is 23.1 Å². The van der Waals surface area contributed by atoms with E-state index in [1.807, 2.05) is 0 Å². The van der Waals surface area contributed by atoms with Gasteiger partial charge in [0.15, 0.2) is 0 Å². The minimum atomic E-state index is 0. The zero-order valence-corrected chi connectivity index (χ0v) is 19.2. The molecule has 2 nitrogen and oxygen atoms in total. The third kappa shape index (κ3) is 17.8. The van der Waals surface area contributed by atoms with Crippen LogP contribution >= 0.6 is 0 Å². The van der Waals surface area contributed by atoms with E-state index in [4.69, 9.17) is 6.42 Å². The average Bonchev–Trinajstić information content (AvgIpc) is 2.76. The Balaban J connectivity index is -0.0000000393. The first-order valence-corrected chi connectivity index (χ1v) is 9.94. The average molecular weight is 439 g/mol. The number of aldehydes is 1. The Morgan fingerprint density at radius 2 is 1.44 bits per heavy atom. The third-order valence-electron chi connectivity index (χ3n) is 3.77. The van der Waals surface area contributed by atoms with Gasteiger partial charge in [0, 0.05) is 19.3 Å². The number of terminal acetylenes is 1. The van der Waals surface area contributed by atoms with Crippen LogP contribution in [0.2, 0.25) is 0 Å². The molecule has 0 aliphatic carbocycles. The molecular weight excluding hydrogens is 392 g/mol. The van der Waals surface area contributed by atoms with Crippen molar-refractivity contribution >= 4 is 6.29 Å². The van der Waals surface area contributed by atoms with Crippen LogP contribution in [0.1, 0.15) is 63.1 Å². The Bertz CT molecular complexity index is 1170. The molecule has 1 rings (SSSR count). The molecule has 0 spiro atoms. The molecular formula is C30H46O2. The van der Waals surface area contributed by atoms with Crippen molar-refractivity contribution in [3.63, 3.8) is 0 Å². The highest BCUT2D eigenvalue weighted by Crippen LogP contribution is 2.15. The van der Waals surface area contributed by atoms with Crippen LogP contribution in [-0.4, -0.2) is 11.8 Å². The zero-order chi connectivity index (χ0) is 23.2. The summed E-state index contributed by atoms with van der Waals surface area (Å²) in [5.41, 5.74) is 4.05. The first-order valence-electron chi connectivity index (χ1n) is 9.94. The van der Waals surface area contributed by atoms with Crippen molar-refractivity contribution in [3.05, 3.63) is 34.9 Å². The molecule has 0 saturated carbocycles. The summed E-state index contributed by atoms with van der Waals surface area (Å²) < 4.78 is 0. The van der Waals surface area contributed by atoms with Crippen molar-refractivity contribution < 1.29 is 23.1 Å². The highest BCUT2D eigenvalue weighted by molar-refractivity contribution is 5.50. The second kappa shape index (κ2) is 21.5. The Morgan fingerprint density at radius 1 is 0.906 bits per heavy atom. The smallest absolute Gasteiger partial charge is 0.120 e. The molecule has 0 unspecified atom stereocenters. The van der Waals surface area contributed by atoms with Gasteiger partial charge in [-0.25, -0.2) is 0 Å². The normalized spacial score (nSPS) is 7.12. The molecule has 0 aliphatic rings. The summed E-state index contributed by atoms with van der Waals surface area (Å²) in [4.78, 5) is 10.3. The van der Waals surface area contributed by atoms with Gasteiger partial charge in [-0.1, -0.05) is 38.0 Å². The number of carbonyl (C=O) groups excluding carboxylic acids is 1. The van der Waals surface area contributed by atoms with Crippen LogP contribution in [0.25, 0.3) is 0 Å². The van der Waals surface area contributed by atoms with Crippen LogP contribution in [0.15, 0.2) is 18.2 Å². The van der Waals surface area contributed by atoms with Crippen LogP contribution in [0, 0.1) is 96.2 Å². The monoisotopic (exact) mass is 438 g/mol. The van der Waals surface area contributed by atoms with Gasteiger partial charge >= 0.3 is 0 Å². The van der Waals surface area contributed by atoms with Gasteiger partial charge < -0.3 is 10.3 Å². The van der Waals surface area contributed by atoms with E-state index >= 15 is 0 Å². The molecule has 1 aromatic rings. The molecule has 0 fully saturated rings.